The number of likely N-dealkylation sites (tertiary alicyclic amines) is 1. The Morgan fingerprint density at radius 1 is 1.25 bits per heavy atom. The first-order valence-electron chi connectivity index (χ1n) is 13.0. The number of amides is 2. The fourth-order valence-corrected chi connectivity index (χ4v) is 5.08. The molecule has 0 spiro atoms. The average molecular weight is 500 g/mol. The molecule has 8 heteroatoms. The van der Waals surface area contributed by atoms with Crippen molar-refractivity contribution < 1.29 is 23.8 Å². The molecular formula is C28H38FN3O4. The van der Waals surface area contributed by atoms with Gasteiger partial charge >= 0.3 is 6.03 Å². The summed E-state index contributed by atoms with van der Waals surface area (Å²) in [5, 5.41) is 17.8. The number of hydrogen-bond donors (Lipinski definition) is 3. The lowest BCUT2D eigenvalue weighted by molar-refractivity contribution is 0.0603. The van der Waals surface area contributed by atoms with Crippen LogP contribution in [0.4, 0.5) is 9.18 Å². The van der Waals surface area contributed by atoms with E-state index in [-0.39, 0.29) is 30.1 Å². The maximum absolute atomic E-state index is 14.1. The topological polar surface area (TPSA) is 83.1 Å². The molecule has 0 bridgehead atoms. The molecule has 2 aromatic rings. The van der Waals surface area contributed by atoms with Gasteiger partial charge in [-0.3, -0.25) is 0 Å². The Morgan fingerprint density at radius 3 is 2.81 bits per heavy atom. The van der Waals surface area contributed by atoms with Crippen molar-refractivity contribution in [2.24, 2.45) is 0 Å². The molecule has 0 aromatic heterocycles. The van der Waals surface area contributed by atoms with E-state index in [1.807, 2.05) is 43.3 Å². The van der Waals surface area contributed by atoms with Gasteiger partial charge in [0, 0.05) is 38.7 Å². The van der Waals surface area contributed by atoms with Crippen molar-refractivity contribution in [3.8, 4) is 5.75 Å². The Hall–Kier alpha value is -2.68. The van der Waals surface area contributed by atoms with E-state index in [9.17, 15) is 14.3 Å². The van der Waals surface area contributed by atoms with Crippen molar-refractivity contribution in [3.63, 3.8) is 0 Å². The highest BCUT2D eigenvalue weighted by Gasteiger charge is 2.37. The summed E-state index contributed by atoms with van der Waals surface area (Å²) < 4.78 is 26.0. The van der Waals surface area contributed by atoms with Crippen molar-refractivity contribution in [2.75, 3.05) is 26.2 Å². The van der Waals surface area contributed by atoms with Gasteiger partial charge in [0.05, 0.1) is 18.2 Å². The highest BCUT2D eigenvalue weighted by atomic mass is 19.1. The minimum atomic E-state index is -0.878. The number of aliphatic hydroxyl groups is 1. The third-order valence-electron chi connectivity index (χ3n) is 6.85. The van der Waals surface area contributed by atoms with E-state index in [0.29, 0.717) is 39.1 Å². The van der Waals surface area contributed by atoms with Gasteiger partial charge in [0.25, 0.3) is 0 Å². The number of hydrogen-bond acceptors (Lipinski definition) is 5. The summed E-state index contributed by atoms with van der Waals surface area (Å²) in [6, 6.07) is 13.3. The van der Waals surface area contributed by atoms with Crippen molar-refractivity contribution in [1.29, 1.82) is 0 Å². The van der Waals surface area contributed by atoms with Gasteiger partial charge in [-0.2, -0.15) is 0 Å². The van der Waals surface area contributed by atoms with E-state index in [1.54, 1.807) is 4.90 Å². The van der Waals surface area contributed by atoms with E-state index in [1.165, 1.54) is 12.1 Å². The second-order valence-electron chi connectivity index (χ2n) is 9.92. The zero-order valence-electron chi connectivity index (χ0n) is 21.2. The van der Waals surface area contributed by atoms with Crippen LogP contribution in [0.1, 0.15) is 37.3 Å². The van der Waals surface area contributed by atoms with Crippen LogP contribution in [0, 0.1) is 12.7 Å². The molecule has 2 aliphatic heterocycles. The normalized spacial score (nSPS) is 23.4. The Kier molecular flexibility index (Phi) is 9.18. The van der Waals surface area contributed by atoms with Crippen LogP contribution in [0.3, 0.4) is 0 Å². The van der Waals surface area contributed by atoms with E-state index in [4.69, 9.17) is 9.47 Å². The largest absolute Gasteiger partial charge is 0.489 e. The minimum absolute atomic E-state index is 0.0392. The number of aliphatic hydroxyl groups excluding tert-OH is 1. The van der Waals surface area contributed by atoms with Crippen LogP contribution in [-0.4, -0.2) is 72.7 Å². The minimum Gasteiger partial charge on any atom is -0.489 e. The number of rotatable bonds is 10. The van der Waals surface area contributed by atoms with E-state index >= 15 is 0 Å². The maximum atomic E-state index is 14.1. The van der Waals surface area contributed by atoms with E-state index in [2.05, 4.69) is 17.6 Å². The predicted molar refractivity (Wildman–Crippen MR) is 137 cm³/mol. The molecule has 0 unspecified atom stereocenters. The van der Waals surface area contributed by atoms with E-state index < -0.39 is 12.1 Å². The second kappa shape index (κ2) is 12.5. The number of halogens is 1. The SMILES string of the molecule is CCCO[C@@H]1CCN(C(=O)N[C@@H](Cc2cc(C)cc(F)c2)[C@H](O)[C@H]2C[C@@H](Oc3ccccc3)CN2)C1. The molecule has 196 valence electrons. The van der Waals surface area contributed by atoms with Crippen LogP contribution >= 0.6 is 0 Å². The molecule has 4 rings (SSSR count). The van der Waals surface area contributed by atoms with Crippen molar-refractivity contribution in [1.82, 2.24) is 15.5 Å². The van der Waals surface area contributed by atoms with Gasteiger partial charge in [0.2, 0.25) is 0 Å². The lowest BCUT2D eigenvalue weighted by Crippen LogP contribution is -2.55. The van der Waals surface area contributed by atoms with Crippen LogP contribution in [0.5, 0.6) is 5.75 Å². The number of urea groups is 1. The maximum Gasteiger partial charge on any atom is 0.317 e. The molecule has 0 aliphatic carbocycles. The van der Waals surface area contributed by atoms with Gasteiger partial charge in [-0.15, -0.1) is 0 Å². The summed E-state index contributed by atoms with van der Waals surface area (Å²) in [5.41, 5.74) is 1.54. The van der Waals surface area contributed by atoms with Crippen molar-refractivity contribution >= 4 is 6.03 Å². The summed E-state index contributed by atoms with van der Waals surface area (Å²) in [4.78, 5) is 14.9. The number of para-hydroxylation sites is 1. The molecule has 2 fully saturated rings. The van der Waals surface area contributed by atoms with Gasteiger partial charge in [0.15, 0.2) is 0 Å². The predicted octanol–water partition coefficient (Wildman–Crippen LogP) is 3.43. The average Bonchev–Trinajstić information content (AvgIpc) is 3.52. The number of carbonyl (C=O) groups is 1. The fraction of sp³-hybridized carbons (Fsp3) is 0.536. The van der Waals surface area contributed by atoms with Crippen LogP contribution in [0.2, 0.25) is 0 Å². The fourth-order valence-electron chi connectivity index (χ4n) is 5.08. The highest BCUT2D eigenvalue weighted by Crippen LogP contribution is 2.22. The first kappa shape index (κ1) is 26.4. The van der Waals surface area contributed by atoms with Gasteiger partial charge in [-0.1, -0.05) is 31.2 Å². The summed E-state index contributed by atoms with van der Waals surface area (Å²) >= 11 is 0. The number of nitrogens with one attached hydrogen (secondary N) is 2. The standard InChI is InChI=1S/C28H38FN3O4/c1-3-11-35-23-9-10-32(18-23)28(34)31-26(15-20-12-19(2)13-21(29)14-20)27(33)25-16-24(17-30-25)36-22-7-5-4-6-8-22/h4-8,12-14,23-27,30,33H,3,9-11,15-18H2,1-2H3,(H,31,34)/t23-,24-,25-,26+,27-/m1/s1. The van der Waals surface area contributed by atoms with Crippen LogP contribution in [0.15, 0.2) is 48.5 Å². The molecule has 2 amide bonds. The third kappa shape index (κ3) is 7.18. The Balaban J connectivity index is 1.42. The number of ether oxygens (including phenoxy) is 2. The number of benzene rings is 2. The monoisotopic (exact) mass is 499 g/mol. The van der Waals surface area contributed by atoms with Crippen molar-refractivity contribution in [2.45, 2.75) is 69.9 Å². The first-order chi connectivity index (χ1) is 17.4. The van der Waals surface area contributed by atoms with Gasteiger partial charge in [-0.25, -0.2) is 9.18 Å². The molecule has 36 heavy (non-hydrogen) atoms. The quantitative estimate of drug-likeness (QED) is 0.467. The number of aryl methyl sites for hydroxylation is 1. The zero-order chi connectivity index (χ0) is 25.5. The molecule has 7 nitrogen and oxygen atoms in total. The van der Waals surface area contributed by atoms with Crippen LogP contribution in [-0.2, 0) is 11.2 Å². The molecule has 3 N–H and O–H groups in total. The lowest BCUT2D eigenvalue weighted by Gasteiger charge is -2.30. The van der Waals surface area contributed by atoms with Crippen LogP contribution < -0.4 is 15.4 Å². The Morgan fingerprint density at radius 2 is 2.06 bits per heavy atom. The first-order valence-corrected chi connectivity index (χ1v) is 13.0. The third-order valence-corrected chi connectivity index (χ3v) is 6.85. The molecular weight excluding hydrogens is 461 g/mol. The number of nitrogens with zero attached hydrogens (tertiary/aromatic N) is 1. The number of carbonyl (C=O) groups excluding carboxylic acids is 1. The lowest BCUT2D eigenvalue weighted by atomic mass is 9.94. The molecule has 0 radical (unpaired) electrons. The Bertz CT molecular complexity index is 972. The van der Waals surface area contributed by atoms with Crippen LogP contribution in [0.25, 0.3) is 0 Å². The van der Waals surface area contributed by atoms with E-state index in [0.717, 1.165) is 29.7 Å². The summed E-state index contributed by atoms with van der Waals surface area (Å²) in [6.45, 7) is 6.31. The van der Waals surface area contributed by atoms with Gasteiger partial charge in [0.1, 0.15) is 17.7 Å². The van der Waals surface area contributed by atoms with Crippen molar-refractivity contribution in [3.05, 3.63) is 65.5 Å². The molecule has 2 aromatic carbocycles. The molecule has 0 saturated carbocycles. The molecule has 2 saturated heterocycles. The molecule has 2 heterocycles. The Labute approximate surface area is 213 Å². The molecule has 2 aliphatic rings. The smallest absolute Gasteiger partial charge is 0.317 e. The zero-order valence-corrected chi connectivity index (χ0v) is 21.2. The summed E-state index contributed by atoms with van der Waals surface area (Å²) in [5.74, 6) is 0.462. The summed E-state index contributed by atoms with van der Waals surface area (Å²) in [6.07, 6.45) is 1.72. The molecule has 5 atom stereocenters. The highest BCUT2D eigenvalue weighted by molar-refractivity contribution is 5.75. The second-order valence-corrected chi connectivity index (χ2v) is 9.92. The van der Waals surface area contributed by atoms with Gasteiger partial charge < -0.3 is 30.1 Å². The summed E-state index contributed by atoms with van der Waals surface area (Å²) in [7, 11) is 0. The van der Waals surface area contributed by atoms with Gasteiger partial charge in [-0.05, 0) is 61.6 Å².